The molecule has 0 saturated carbocycles. The smallest absolute Gasteiger partial charge is 0.261 e. The molecule has 0 spiro atoms. The van der Waals surface area contributed by atoms with Crippen molar-refractivity contribution in [2.45, 2.75) is 32.8 Å². The second-order valence-corrected chi connectivity index (χ2v) is 6.35. The van der Waals surface area contributed by atoms with Crippen LogP contribution in [0, 0.1) is 5.41 Å². The Morgan fingerprint density at radius 3 is 3.00 bits per heavy atom. The average Bonchev–Trinajstić information content (AvgIpc) is 2.79. The van der Waals surface area contributed by atoms with Crippen LogP contribution in [-0.2, 0) is 11.2 Å². The van der Waals surface area contributed by atoms with E-state index < -0.39 is 6.10 Å². The minimum Gasteiger partial charge on any atom is -0.480 e. The van der Waals surface area contributed by atoms with Gasteiger partial charge < -0.3 is 15.2 Å². The van der Waals surface area contributed by atoms with Gasteiger partial charge in [-0.05, 0) is 35.6 Å². The summed E-state index contributed by atoms with van der Waals surface area (Å²) >= 11 is 5.93. The second-order valence-electron chi connectivity index (χ2n) is 5.92. The highest BCUT2D eigenvalue weighted by Crippen LogP contribution is 2.31. The fourth-order valence-electron chi connectivity index (χ4n) is 2.19. The maximum Gasteiger partial charge on any atom is 0.261 e. The van der Waals surface area contributed by atoms with Crippen LogP contribution in [0.1, 0.15) is 25.8 Å². The van der Waals surface area contributed by atoms with E-state index in [1.54, 1.807) is 12.1 Å². The Kier molecular flexibility index (Phi) is 4.55. The van der Waals surface area contributed by atoms with Crippen molar-refractivity contribution in [3.05, 3.63) is 28.8 Å². The Balaban J connectivity index is 1.90. The number of fused-ring (bicyclic) bond motifs is 1. The zero-order valence-corrected chi connectivity index (χ0v) is 12.5. The lowest BCUT2D eigenvalue weighted by atomic mass is 9.89. The zero-order chi connectivity index (χ0) is 14.8. The van der Waals surface area contributed by atoms with Crippen molar-refractivity contribution in [1.29, 1.82) is 0 Å². The molecular weight excluding hydrogens is 278 g/mol. The van der Waals surface area contributed by atoms with Gasteiger partial charge in [0.2, 0.25) is 0 Å². The number of aliphatic hydroxyl groups excluding tert-OH is 1. The molecule has 5 heteroatoms. The van der Waals surface area contributed by atoms with Crippen LogP contribution in [0.2, 0.25) is 5.02 Å². The number of nitrogens with one attached hydrogen (secondary N) is 1. The number of benzene rings is 1. The van der Waals surface area contributed by atoms with E-state index >= 15 is 0 Å². The number of ether oxygens (including phenoxy) is 1. The van der Waals surface area contributed by atoms with Gasteiger partial charge in [0.25, 0.3) is 5.91 Å². The average molecular weight is 298 g/mol. The van der Waals surface area contributed by atoms with Gasteiger partial charge in [0.05, 0.1) is 0 Å². The Hall–Kier alpha value is -1.26. The van der Waals surface area contributed by atoms with Crippen LogP contribution >= 0.6 is 11.6 Å². The lowest BCUT2D eigenvalue weighted by Crippen LogP contribution is -2.42. The summed E-state index contributed by atoms with van der Waals surface area (Å²) in [7, 11) is 0. The largest absolute Gasteiger partial charge is 0.480 e. The lowest BCUT2D eigenvalue weighted by molar-refractivity contribution is -0.127. The van der Waals surface area contributed by atoms with Crippen LogP contribution in [-0.4, -0.2) is 30.3 Å². The van der Waals surface area contributed by atoms with E-state index in [0.29, 0.717) is 24.4 Å². The van der Waals surface area contributed by atoms with E-state index in [-0.39, 0.29) is 17.9 Å². The molecular formula is C15H20ClNO3. The van der Waals surface area contributed by atoms with Crippen molar-refractivity contribution in [2.75, 3.05) is 13.2 Å². The number of hydrogen-bond donors (Lipinski definition) is 2. The Morgan fingerprint density at radius 1 is 1.55 bits per heavy atom. The molecule has 0 radical (unpaired) electrons. The maximum absolute atomic E-state index is 12.1. The van der Waals surface area contributed by atoms with Crippen LogP contribution in [0.15, 0.2) is 18.2 Å². The van der Waals surface area contributed by atoms with Crippen molar-refractivity contribution in [3.8, 4) is 5.75 Å². The first-order valence-corrected chi connectivity index (χ1v) is 7.13. The molecule has 0 fully saturated rings. The predicted octanol–water partition coefficient (Wildman–Crippen LogP) is 2.17. The summed E-state index contributed by atoms with van der Waals surface area (Å²) in [4.78, 5) is 12.1. The molecule has 4 nitrogen and oxygen atoms in total. The molecule has 1 atom stereocenters. The van der Waals surface area contributed by atoms with Gasteiger partial charge in [0, 0.05) is 24.6 Å². The Labute approximate surface area is 124 Å². The minimum absolute atomic E-state index is 0.118. The Bertz CT molecular complexity index is 502. The third-order valence-electron chi connectivity index (χ3n) is 3.52. The van der Waals surface area contributed by atoms with Gasteiger partial charge in [-0.15, -0.1) is 0 Å². The van der Waals surface area contributed by atoms with E-state index in [2.05, 4.69) is 5.32 Å². The highest BCUT2D eigenvalue weighted by Gasteiger charge is 2.30. The van der Waals surface area contributed by atoms with Crippen molar-refractivity contribution in [2.24, 2.45) is 5.41 Å². The summed E-state index contributed by atoms with van der Waals surface area (Å²) in [5.41, 5.74) is 0.839. The van der Waals surface area contributed by atoms with Crippen LogP contribution in [0.4, 0.5) is 0 Å². The normalized spacial score (nSPS) is 17.5. The molecule has 1 aromatic rings. The highest BCUT2D eigenvalue weighted by molar-refractivity contribution is 6.30. The number of amides is 1. The first kappa shape index (κ1) is 15.1. The maximum atomic E-state index is 12.1. The zero-order valence-electron chi connectivity index (χ0n) is 11.8. The third kappa shape index (κ3) is 3.64. The second kappa shape index (κ2) is 6.02. The first-order valence-electron chi connectivity index (χ1n) is 6.75. The monoisotopic (exact) mass is 297 g/mol. The van der Waals surface area contributed by atoms with Gasteiger partial charge in [-0.1, -0.05) is 25.4 Å². The van der Waals surface area contributed by atoms with Gasteiger partial charge in [0.15, 0.2) is 6.10 Å². The van der Waals surface area contributed by atoms with E-state index in [4.69, 9.17) is 21.4 Å². The van der Waals surface area contributed by atoms with Crippen molar-refractivity contribution < 1.29 is 14.6 Å². The number of halogens is 1. The molecule has 110 valence electrons. The summed E-state index contributed by atoms with van der Waals surface area (Å²) in [6, 6.07) is 5.38. The molecule has 0 aliphatic carbocycles. The van der Waals surface area contributed by atoms with E-state index in [9.17, 15) is 4.79 Å². The highest BCUT2D eigenvalue weighted by atomic mass is 35.5. The van der Waals surface area contributed by atoms with Gasteiger partial charge in [-0.3, -0.25) is 4.79 Å². The summed E-state index contributed by atoms with van der Waals surface area (Å²) in [5.74, 6) is 0.604. The minimum atomic E-state index is -0.492. The molecule has 0 aromatic heterocycles. The fourth-order valence-corrected chi connectivity index (χ4v) is 2.39. The van der Waals surface area contributed by atoms with E-state index in [1.807, 2.05) is 19.9 Å². The van der Waals surface area contributed by atoms with Gasteiger partial charge in [-0.25, -0.2) is 0 Å². The molecule has 1 aliphatic rings. The molecule has 20 heavy (non-hydrogen) atoms. The molecule has 2 rings (SSSR count). The van der Waals surface area contributed by atoms with E-state index in [0.717, 1.165) is 11.3 Å². The Morgan fingerprint density at radius 2 is 2.30 bits per heavy atom. The topological polar surface area (TPSA) is 58.6 Å². The SMILES string of the molecule is CC(C)(CCO)CNC(=O)C1Cc2cc(Cl)ccc2O1. The molecule has 1 heterocycles. The van der Waals surface area contributed by atoms with Crippen LogP contribution < -0.4 is 10.1 Å². The van der Waals surface area contributed by atoms with Crippen molar-refractivity contribution in [3.63, 3.8) is 0 Å². The lowest BCUT2D eigenvalue weighted by Gasteiger charge is -2.24. The van der Waals surface area contributed by atoms with E-state index in [1.165, 1.54) is 0 Å². The predicted molar refractivity (Wildman–Crippen MR) is 78.1 cm³/mol. The molecule has 1 amide bonds. The van der Waals surface area contributed by atoms with Crippen LogP contribution in [0.5, 0.6) is 5.75 Å². The standard InChI is InChI=1S/C15H20ClNO3/c1-15(2,5-6-18)9-17-14(19)13-8-10-7-11(16)3-4-12(10)20-13/h3-4,7,13,18H,5-6,8-9H2,1-2H3,(H,17,19). The third-order valence-corrected chi connectivity index (χ3v) is 3.75. The van der Waals surface area contributed by atoms with Gasteiger partial charge >= 0.3 is 0 Å². The summed E-state index contributed by atoms with van der Waals surface area (Å²) in [5, 5.41) is 12.5. The van der Waals surface area contributed by atoms with Crippen LogP contribution in [0.25, 0.3) is 0 Å². The number of rotatable bonds is 5. The molecule has 1 aromatic carbocycles. The molecule has 0 bridgehead atoms. The number of carbonyl (C=O) groups excluding carboxylic acids is 1. The summed E-state index contributed by atoms with van der Waals surface area (Å²) in [6.07, 6.45) is 0.699. The van der Waals surface area contributed by atoms with Crippen LogP contribution in [0.3, 0.4) is 0 Å². The van der Waals surface area contributed by atoms with Gasteiger partial charge in [-0.2, -0.15) is 0 Å². The molecule has 1 aliphatic heterocycles. The fraction of sp³-hybridized carbons (Fsp3) is 0.533. The summed E-state index contributed by atoms with van der Waals surface area (Å²) in [6.45, 7) is 4.65. The number of aliphatic hydroxyl groups is 1. The van der Waals surface area contributed by atoms with Gasteiger partial charge in [0.1, 0.15) is 5.75 Å². The molecule has 0 saturated heterocycles. The quantitative estimate of drug-likeness (QED) is 0.876. The summed E-state index contributed by atoms with van der Waals surface area (Å²) < 4.78 is 5.63. The molecule has 2 N–H and O–H groups in total. The van der Waals surface area contributed by atoms with Crippen molar-refractivity contribution in [1.82, 2.24) is 5.32 Å². The first-order chi connectivity index (χ1) is 9.41. The number of carbonyl (C=O) groups is 1. The number of hydrogen-bond acceptors (Lipinski definition) is 3. The van der Waals surface area contributed by atoms with Crippen molar-refractivity contribution >= 4 is 17.5 Å². The molecule has 1 unspecified atom stereocenters.